The van der Waals surface area contributed by atoms with Gasteiger partial charge in [-0.2, -0.15) is 0 Å². The summed E-state index contributed by atoms with van der Waals surface area (Å²) in [5.41, 5.74) is 2.58. The molecule has 1 aromatic rings. The van der Waals surface area contributed by atoms with E-state index in [-0.39, 0.29) is 0 Å². The molecule has 1 aromatic heterocycles. The molecule has 104 valence electrons. The van der Waals surface area contributed by atoms with E-state index in [1.165, 1.54) is 5.57 Å². The smallest absolute Gasteiger partial charge is 0.129 e. The maximum absolute atomic E-state index is 6.21. The highest BCUT2D eigenvalue weighted by molar-refractivity contribution is 6.31. The van der Waals surface area contributed by atoms with Crippen molar-refractivity contribution in [1.82, 2.24) is 10.3 Å². The maximum Gasteiger partial charge on any atom is 0.129 e. The van der Waals surface area contributed by atoms with Crippen LogP contribution in [0.25, 0.3) is 0 Å². The second-order valence-corrected chi connectivity index (χ2v) is 5.82. The maximum atomic E-state index is 6.21. The Kier molecular flexibility index (Phi) is 4.83. The first-order chi connectivity index (χ1) is 9.06. The van der Waals surface area contributed by atoms with Gasteiger partial charge in [-0.25, -0.2) is 4.98 Å². The molecule has 0 aliphatic carbocycles. The summed E-state index contributed by atoms with van der Waals surface area (Å²) in [6, 6.07) is 2.56. The SMILES string of the molecule is CC1=CCN(c2cc(CNC(C)C)c(Cl)cn2)CC1. The highest BCUT2D eigenvalue weighted by Crippen LogP contribution is 2.23. The highest BCUT2D eigenvalue weighted by Gasteiger charge is 2.13. The standard InChI is InChI=1S/C15H22ClN3/c1-11(2)17-9-13-8-15(18-10-14(13)16)19-6-4-12(3)5-7-19/h4,8,10-11,17H,5-7,9H2,1-3H3. The number of hydrogen-bond donors (Lipinski definition) is 1. The number of rotatable bonds is 4. The van der Waals surface area contributed by atoms with Crippen molar-refractivity contribution in [2.24, 2.45) is 0 Å². The first-order valence-electron chi connectivity index (χ1n) is 6.84. The van der Waals surface area contributed by atoms with Crippen LogP contribution in [0.15, 0.2) is 23.9 Å². The van der Waals surface area contributed by atoms with Gasteiger partial charge >= 0.3 is 0 Å². The van der Waals surface area contributed by atoms with Gasteiger partial charge in [-0.05, 0) is 25.0 Å². The van der Waals surface area contributed by atoms with Crippen molar-refractivity contribution in [3.63, 3.8) is 0 Å². The van der Waals surface area contributed by atoms with E-state index in [0.717, 1.165) is 42.5 Å². The lowest BCUT2D eigenvalue weighted by atomic mass is 10.1. The fourth-order valence-electron chi connectivity index (χ4n) is 2.07. The highest BCUT2D eigenvalue weighted by atomic mass is 35.5. The third kappa shape index (κ3) is 3.95. The van der Waals surface area contributed by atoms with Crippen molar-refractivity contribution < 1.29 is 0 Å². The molecule has 2 rings (SSSR count). The lowest BCUT2D eigenvalue weighted by molar-refractivity contribution is 0.588. The van der Waals surface area contributed by atoms with Crippen LogP contribution >= 0.6 is 11.6 Å². The van der Waals surface area contributed by atoms with Gasteiger partial charge in [0.1, 0.15) is 5.82 Å². The van der Waals surface area contributed by atoms with E-state index in [2.05, 4.69) is 48.1 Å². The second kappa shape index (κ2) is 6.40. The van der Waals surface area contributed by atoms with E-state index in [0.29, 0.717) is 6.04 Å². The molecule has 1 N–H and O–H groups in total. The molecule has 0 aromatic carbocycles. The number of pyridine rings is 1. The fourth-order valence-corrected chi connectivity index (χ4v) is 2.24. The Hall–Kier alpha value is -1.06. The minimum Gasteiger partial charge on any atom is -0.353 e. The summed E-state index contributed by atoms with van der Waals surface area (Å²) in [6.07, 6.45) is 5.15. The molecule has 0 radical (unpaired) electrons. The molecule has 0 spiro atoms. The Morgan fingerprint density at radius 1 is 1.47 bits per heavy atom. The molecule has 0 fully saturated rings. The molecule has 1 aliphatic rings. The predicted molar refractivity (Wildman–Crippen MR) is 81.8 cm³/mol. The van der Waals surface area contributed by atoms with Crippen molar-refractivity contribution in [2.75, 3.05) is 18.0 Å². The number of nitrogens with zero attached hydrogens (tertiary/aromatic N) is 2. The van der Waals surface area contributed by atoms with Gasteiger partial charge in [-0.15, -0.1) is 0 Å². The van der Waals surface area contributed by atoms with Gasteiger partial charge in [0.05, 0.1) is 5.02 Å². The molecule has 3 nitrogen and oxygen atoms in total. The van der Waals surface area contributed by atoms with Crippen LogP contribution in [0.4, 0.5) is 5.82 Å². The Morgan fingerprint density at radius 3 is 2.89 bits per heavy atom. The molecule has 0 saturated heterocycles. The Bertz CT molecular complexity index is 468. The van der Waals surface area contributed by atoms with E-state index in [4.69, 9.17) is 11.6 Å². The van der Waals surface area contributed by atoms with E-state index in [1.807, 2.05) is 0 Å². The van der Waals surface area contributed by atoms with Gasteiger partial charge in [0.25, 0.3) is 0 Å². The van der Waals surface area contributed by atoms with Crippen LogP contribution in [-0.4, -0.2) is 24.1 Å². The summed E-state index contributed by atoms with van der Waals surface area (Å²) in [5, 5.41) is 4.13. The van der Waals surface area contributed by atoms with Crippen LogP contribution < -0.4 is 10.2 Å². The molecule has 19 heavy (non-hydrogen) atoms. The van der Waals surface area contributed by atoms with Crippen molar-refractivity contribution in [2.45, 2.75) is 39.8 Å². The molecule has 1 aliphatic heterocycles. The first-order valence-corrected chi connectivity index (χ1v) is 7.22. The lowest BCUT2D eigenvalue weighted by Crippen LogP contribution is -2.29. The van der Waals surface area contributed by atoms with Crippen LogP contribution in [0.1, 0.15) is 32.8 Å². The minimum atomic E-state index is 0.452. The molecule has 0 amide bonds. The number of nitrogens with one attached hydrogen (secondary N) is 1. The average Bonchev–Trinajstić information content (AvgIpc) is 2.39. The topological polar surface area (TPSA) is 28.2 Å². The van der Waals surface area contributed by atoms with Crippen LogP contribution in [0.3, 0.4) is 0 Å². The number of hydrogen-bond acceptors (Lipinski definition) is 3. The summed E-state index contributed by atoms with van der Waals surface area (Å²) in [6.45, 7) is 9.22. The summed E-state index contributed by atoms with van der Waals surface area (Å²) >= 11 is 6.21. The number of aromatic nitrogens is 1. The minimum absolute atomic E-state index is 0.452. The zero-order valence-electron chi connectivity index (χ0n) is 11.9. The van der Waals surface area contributed by atoms with Crippen LogP contribution in [0.2, 0.25) is 5.02 Å². The quantitative estimate of drug-likeness (QED) is 0.857. The molecular formula is C15H22ClN3. The van der Waals surface area contributed by atoms with Gasteiger partial charge in [0, 0.05) is 31.9 Å². The van der Waals surface area contributed by atoms with E-state index in [9.17, 15) is 0 Å². The molecular weight excluding hydrogens is 258 g/mol. The summed E-state index contributed by atoms with van der Waals surface area (Å²) in [7, 11) is 0. The van der Waals surface area contributed by atoms with Crippen molar-refractivity contribution in [3.8, 4) is 0 Å². The van der Waals surface area contributed by atoms with Gasteiger partial charge in [-0.1, -0.05) is 37.1 Å². The molecule has 0 atom stereocenters. The molecule has 0 bridgehead atoms. The Morgan fingerprint density at radius 2 is 2.26 bits per heavy atom. The van der Waals surface area contributed by atoms with Crippen LogP contribution in [0.5, 0.6) is 0 Å². The van der Waals surface area contributed by atoms with Gasteiger partial charge in [0.15, 0.2) is 0 Å². The van der Waals surface area contributed by atoms with E-state index >= 15 is 0 Å². The zero-order chi connectivity index (χ0) is 13.8. The normalized spacial score (nSPS) is 15.8. The predicted octanol–water partition coefficient (Wildman–Crippen LogP) is 3.39. The van der Waals surface area contributed by atoms with E-state index < -0.39 is 0 Å². The van der Waals surface area contributed by atoms with Gasteiger partial charge < -0.3 is 10.2 Å². The molecule has 2 heterocycles. The third-order valence-electron chi connectivity index (χ3n) is 3.38. The largest absolute Gasteiger partial charge is 0.353 e. The van der Waals surface area contributed by atoms with Gasteiger partial charge in [0.2, 0.25) is 0 Å². The third-order valence-corrected chi connectivity index (χ3v) is 3.72. The van der Waals surface area contributed by atoms with Crippen molar-refractivity contribution in [3.05, 3.63) is 34.5 Å². The molecule has 0 saturated carbocycles. The summed E-state index contributed by atoms with van der Waals surface area (Å²) in [4.78, 5) is 6.75. The second-order valence-electron chi connectivity index (χ2n) is 5.42. The Labute approximate surface area is 120 Å². The average molecular weight is 280 g/mol. The summed E-state index contributed by atoms with van der Waals surface area (Å²) in [5.74, 6) is 1.02. The van der Waals surface area contributed by atoms with Crippen molar-refractivity contribution >= 4 is 17.4 Å². The van der Waals surface area contributed by atoms with Crippen molar-refractivity contribution in [1.29, 1.82) is 0 Å². The number of anilines is 1. The molecule has 4 heteroatoms. The Balaban J connectivity index is 2.12. The lowest BCUT2D eigenvalue weighted by Gasteiger charge is -2.27. The van der Waals surface area contributed by atoms with Gasteiger partial charge in [-0.3, -0.25) is 0 Å². The zero-order valence-corrected chi connectivity index (χ0v) is 12.7. The number of halogens is 1. The van der Waals surface area contributed by atoms with E-state index in [1.54, 1.807) is 6.20 Å². The van der Waals surface area contributed by atoms with Crippen LogP contribution in [0, 0.1) is 0 Å². The van der Waals surface area contributed by atoms with Crippen LogP contribution in [-0.2, 0) is 6.54 Å². The first kappa shape index (κ1) is 14.4. The molecule has 0 unspecified atom stereocenters. The summed E-state index contributed by atoms with van der Waals surface area (Å²) < 4.78 is 0. The fraction of sp³-hybridized carbons (Fsp3) is 0.533. The monoisotopic (exact) mass is 279 g/mol.